The summed E-state index contributed by atoms with van der Waals surface area (Å²) in [5, 5.41) is 3.01. The van der Waals surface area contributed by atoms with Gasteiger partial charge in [-0.15, -0.1) is 0 Å². The molecule has 1 aromatic carbocycles. The van der Waals surface area contributed by atoms with Crippen molar-refractivity contribution in [3.63, 3.8) is 0 Å². The fourth-order valence-corrected chi connectivity index (χ4v) is 1.55. The van der Waals surface area contributed by atoms with Gasteiger partial charge in [-0.3, -0.25) is 0 Å². The highest BCUT2D eigenvalue weighted by molar-refractivity contribution is 5.48. The van der Waals surface area contributed by atoms with Gasteiger partial charge in [0.1, 0.15) is 5.75 Å². The summed E-state index contributed by atoms with van der Waals surface area (Å²) in [4.78, 5) is 0. The summed E-state index contributed by atoms with van der Waals surface area (Å²) in [5.41, 5.74) is 5.90. The summed E-state index contributed by atoms with van der Waals surface area (Å²) in [7, 11) is 0. The molecule has 1 rings (SSSR count). The molecule has 0 aliphatic heterocycles. The number of nitrogens with one attached hydrogen (secondary N) is 1. The van der Waals surface area contributed by atoms with Gasteiger partial charge in [0.25, 0.3) is 0 Å². The molecule has 20 heavy (non-hydrogen) atoms. The van der Waals surface area contributed by atoms with Crippen LogP contribution in [0.15, 0.2) is 24.3 Å². The predicted octanol–water partition coefficient (Wildman–Crippen LogP) is 3.46. The van der Waals surface area contributed by atoms with Crippen LogP contribution in [0.4, 0.5) is 23.2 Å². The van der Waals surface area contributed by atoms with Crippen LogP contribution in [0.1, 0.15) is 19.3 Å². The van der Waals surface area contributed by atoms with Gasteiger partial charge in [-0.25, -0.2) is 0 Å². The molecule has 0 aromatic heterocycles. The number of halogens is 4. The van der Waals surface area contributed by atoms with Crippen molar-refractivity contribution in [2.75, 3.05) is 18.4 Å². The quantitative estimate of drug-likeness (QED) is 0.541. The Bertz CT molecular complexity index is 402. The lowest BCUT2D eigenvalue weighted by Gasteiger charge is -2.17. The second-order valence-electron chi connectivity index (χ2n) is 4.27. The van der Waals surface area contributed by atoms with Gasteiger partial charge >= 0.3 is 12.5 Å². The maximum atomic E-state index is 12.8. The molecular formula is C13H18F4N2O. The van der Waals surface area contributed by atoms with Crippen LogP contribution in [-0.4, -0.2) is 25.6 Å². The average Bonchev–Trinajstić information content (AvgIpc) is 2.38. The summed E-state index contributed by atoms with van der Waals surface area (Å²) in [6, 6.07) is 5.57. The lowest BCUT2D eigenvalue weighted by molar-refractivity contribution is -0.253. The first-order chi connectivity index (χ1) is 9.45. The van der Waals surface area contributed by atoms with Gasteiger partial charge in [0.05, 0.1) is 0 Å². The summed E-state index contributed by atoms with van der Waals surface area (Å²) >= 11 is 0. The Morgan fingerprint density at radius 1 is 1.20 bits per heavy atom. The third kappa shape index (κ3) is 5.64. The Hall–Kier alpha value is -1.50. The fourth-order valence-electron chi connectivity index (χ4n) is 1.55. The zero-order valence-electron chi connectivity index (χ0n) is 10.9. The molecular weight excluding hydrogens is 276 g/mol. The zero-order chi connectivity index (χ0) is 15.0. The van der Waals surface area contributed by atoms with Crippen molar-refractivity contribution < 1.29 is 22.3 Å². The smallest absolute Gasteiger partial charge is 0.428 e. The van der Waals surface area contributed by atoms with Crippen LogP contribution >= 0.6 is 0 Å². The molecule has 0 aliphatic carbocycles. The molecule has 0 aliphatic rings. The second kappa shape index (κ2) is 7.94. The first kappa shape index (κ1) is 16.6. The SMILES string of the molecule is NCCCCCNc1cccc(OC(F)(F)C(F)F)c1. The van der Waals surface area contributed by atoms with Gasteiger partial charge in [0, 0.05) is 18.3 Å². The number of ether oxygens (including phenoxy) is 1. The van der Waals surface area contributed by atoms with Gasteiger partial charge in [0.2, 0.25) is 0 Å². The average molecular weight is 294 g/mol. The van der Waals surface area contributed by atoms with E-state index >= 15 is 0 Å². The third-order valence-corrected chi connectivity index (χ3v) is 2.55. The van der Waals surface area contributed by atoms with Crippen molar-refractivity contribution in [1.82, 2.24) is 0 Å². The third-order valence-electron chi connectivity index (χ3n) is 2.55. The van der Waals surface area contributed by atoms with Gasteiger partial charge in [-0.05, 0) is 31.5 Å². The Kier molecular flexibility index (Phi) is 6.57. The Balaban J connectivity index is 2.49. The van der Waals surface area contributed by atoms with Crippen molar-refractivity contribution in [2.45, 2.75) is 31.8 Å². The minimum Gasteiger partial charge on any atom is -0.428 e. The van der Waals surface area contributed by atoms with Gasteiger partial charge in [-0.2, -0.15) is 17.6 Å². The Morgan fingerprint density at radius 2 is 1.95 bits per heavy atom. The van der Waals surface area contributed by atoms with E-state index in [1.165, 1.54) is 18.2 Å². The van der Waals surface area contributed by atoms with Crippen LogP contribution in [-0.2, 0) is 0 Å². The van der Waals surface area contributed by atoms with E-state index in [0.29, 0.717) is 18.8 Å². The predicted molar refractivity (Wildman–Crippen MR) is 69.4 cm³/mol. The van der Waals surface area contributed by atoms with Crippen LogP contribution in [0.3, 0.4) is 0 Å². The summed E-state index contributed by atoms with van der Waals surface area (Å²) < 4.78 is 53.5. The van der Waals surface area contributed by atoms with E-state index in [-0.39, 0.29) is 5.75 Å². The lowest BCUT2D eigenvalue weighted by Crippen LogP contribution is -2.33. The van der Waals surface area contributed by atoms with Crippen molar-refractivity contribution in [1.29, 1.82) is 0 Å². The minimum absolute atomic E-state index is 0.303. The summed E-state index contributed by atoms with van der Waals surface area (Å²) in [5.74, 6) is -0.303. The van der Waals surface area contributed by atoms with Crippen molar-refractivity contribution in [2.24, 2.45) is 5.73 Å². The molecule has 0 unspecified atom stereocenters. The maximum Gasteiger partial charge on any atom is 0.461 e. The van der Waals surface area contributed by atoms with Crippen molar-refractivity contribution >= 4 is 5.69 Å². The first-order valence-electron chi connectivity index (χ1n) is 6.34. The van der Waals surface area contributed by atoms with E-state index < -0.39 is 12.5 Å². The van der Waals surface area contributed by atoms with E-state index in [4.69, 9.17) is 5.73 Å². The molecule has 0 saturated carbocycles. The van der Waals surface area contributed by atoms with Crippen LogP contribution in [0.2, 0.25) is 0 Å². The molecule has 3 N–H and O–H groups in total. The highest BCUT2D eigenvalue weighted by atomic mass is 19.3. The minimum atomic E-state index is -4.49. The number of hydrogen-bond donors (Lipinski definition) is 2. The number of rotatable bonds is 9. The van der Waals surface area contributed by atoms with E-state index in [0.717, 1.165) is 19.3 Å². The van der Waals surface area contributed by atoms with Crippen LogP contribution in [0.25, 0.3) is 0 Å². The number of benzene rings is 1. The zero-order valence-corrected chi connectivity index (χ0v) is 10.9. The molecule has 3 nitrogen and oxygen atoms in total. The van der Waals surface area contributed by atoms with Crippen LogP contribution < -0.4 is 15.8 Å². The standard InChI is InChI=1S/C13H18F4N2O/c14-12(15)13(16,17)20-11-6-4-5-10(9-11)19-8-3-1-2-7-18/h4-6,9,12,19H,1-3,7-8,18H2. The molecule has 0 bridgehead atoms. The van der Waals surface area contributed by atoms with E-state index in [9.17, 15) is 17.6 Å². The van der Waals surface area contributed by atoms with Crippen LogP contribution in [0, 0.1) is 0 Å². The maximum absolute atomic E-state index is 12.8. The summed E-state index contributed by atoms with van der Waals surface area (Å²) in [6.07, 6.45) is -5.58. The Morgan fingerprint density at radius 3 is 2.60 bits per heavy atom. The normalized spacial score (nSPS) is 11.7. The molecule has 0 radical (unpaired) electrons. The Labute approximate surface area is 115 Å². The van der Waals surface area contributed by atoms with Gasteiger partial charge < -0.3 is 15.8 Å². The largest absolute Gasteiger partial charge is 0.461 e. The number of hydrogen-bond acceptors (Lipinski definition) is 3. The number of nitrogens with two attached hydrogens (primary N) is 1. The topological polar surface area (TPSA) is 47.3 Å². The fraction of sp³-hybridized carbons (Fsp3) is 0.538. The summed E-state index contributed by atoms with van der Waals surface area (Å²) in [6.45, 7) is 1.28. The molecule has 0 atom stereocenters. The van der Waals surface area contributed by atoms with Gasteiger partial charge in [0.15, 0.2) is 0 Å². The first-order valence-corrected chi connectivity index (χ1v) is 6.34. The number of unbranched alkanes of at least 4 members (excludes halogenated alkanes) is 2. The van der Waals surface area contributed by atoms with Crippen molar-refractivity contribution in [3.05, 3.63) is 24.3 Å². The highest BCUT2D eigenvalue weighted by Gasteiger charge is 2.43. The molecule has 7 heteroatoms. The van der Waals surface area contributed by atoms with E-state index in [1.54, 1.807) is 6.07 Å². The molecule has 0 amide bonds. The van der Waals surface area contributed by atoms with Crippen LogP contribution in [0.5, 0.6) is 5.75 Å². The molecule has 0 fully saturated rings. The highest BCUT2D eigenvalue weighted by Crippen LogP contribution is 2.28. The van der Waals surface area contributed by atoms with E-state index in [2.05, 4.69) is 10.1 Å². The molecule has 0 saturated heterocycles. The van der Waals surface area contributed by atoms with Crippen molar-refractivity contribution in [3.8, 4) is 5.75 Å². The van der Waals surface area contributed by atoms with E-state index in [1.807, 2.05) is 0 Å². The lowest BCUT2D eigenvalue weighted by atomic mass is 10.2. The number of anilines is 1. The molecule has 114 valence electrons. The molecule has 0 heterocycles. The second-order valence-corrected chi connectivity index (χ2v) is 4.27. The molecule has 1 aromatic rings. The number of alkyl halides is 4. The monoisotopic (exact) mass is 294 g/mol. The van der Waals surface area contributed by atoms with Gasteiger partial charge in [-0.1, -0.05) is 12.5 Å². The molecule has 0 spiro atoms.